The summed E-state index contributed by atoms with van der Waals surface area (Å²) in [6.07, 6.45) is 10.0. The topological polar surface area (TPSA) is 24.9 Å². The number of piperidine rings is 1. The minimum atomic E-state index is 0.727. The standard InChI is InChI=1S/C15H22N2/c1-5-13-7-3-9-17-15(13)14(6-1)10-12-4-2-8-16-11-12/h3,7,9,12,14,16H,1-2,4-6,8,10-11H2. The van der Waals surface area contributed by atoms with Crippen LogP contribution >= 0.6 is 0 Å². The van der Waals surface area contributed by atoms with Crippen molar-refractivity contribution in [3.8, 4) is 0 Å². The lowest BCUT2D eigenvalue weighted by atomic mass is 9.79. The van der Waals surface area contributed by atoms with Crippen molar-refractivity contribution in [2.24, 2.45) is 5.92 Å². The number of nitrogens with zero attached hydrogens (tertiary/aromatic N) is 1. The average molecular weight is 230 g/mol. The van der Waals surface area contributed by atoms with Crippen molar-refractivity contribution in [2.75, 3.05) is 13.1 Å². The molecule has 2 heteroatoms. The molecule has 1 saturated heterocycles. The number of aryl methyl sites for hydroxylation is 1. The van der Waals surface area contributed by atoms with Crippen LogP contribution < -0.4 is 5.32 Å². The van der Waals surface area contributed by atoms with Gasteiger partial charge < -0.3 is 5.32 Å². The quantitative estimate of drug-likeness (QED) is 0.845. The van der Waals surface area contributed by atoms with Gasteiger partial charge in [-0.2, -0.15) is 0 Å². The average Bonchev–Trinajstić information content (AvgIpc) is 2.40. The van der Waals surface area contributed by atoms with Gasteiger partial charge in [0.2, 0.25) is 0 Å². The molecular weight excluding hydrogens is 208 g/mol. The van der Waals surface area contributed by atoms with Gasteiger partial charge in [-0.25, -0.2) is 0 Å². The number of hydrogen-bond donors (Lipinski definition) is 1. The molecule has 0 saturated carbocycles. The minimum Gasteiger partial charge on any atom is -0.316 e. The Balaban J connectivity index is 1.71. The number of aromatic nitrogens is 1. The van der Waals surface area contributed by atoms with Gasteiger partial charge in [0.05, 0.1) is 0 Å². The van der Waals surface area contributed by atoms with Gasteiger partial charge >= 0.3 is 0 Å². The lowest BCUT2D eigenvalue weighted by Gasteiger charge is -2.30. The smallest absolute Gasteiger partial charge is 0.0466 e. The van der Waals surface area contributed by atoms with Crippen LogP contribution in [0.15, 0.2) is 18.3 Å². The molecule has 0 amide bonds. The van der Waals surface area contributed by atoms with Gasteiger partial charge in [0.15, 0.2) is 0 Å². The predicted octanol–water partition coefficient (Wildman–Crippen LogP) is 2.89. The van der Waals surface area contributed by atoms with Gasteiger partial charge in [-0.1, -0.05) is 6.07 Å². The summed E-state index contributed by atoms with van der Waals surface area (Å²) in [5.74, 6) is 1.60. The van der Waals surface area contributed by atoms with E-state index < -0.39 is 0 Å². The Bertz CT molecular complexity index is 369. The monoisotopic (exact) mass is 230 g/mol. The van der Waals surface area contributed by atoms with Gasteiger partial charge in [0, 0.05) is 17.8 Å². The van der Waals surface area contributed by atoms with E-state index in [4.69, 9.17) is 0 Å². The summed E-state index contributed by atoms with van der Waals surface area (Å²) in [5.41, 5.74) is 2.91. The van der Waals surface area contributed by atoms with E-state index in [1.165, 1.54) is 62.9 Å². The summed E-state index contributed by atoms with van der Waals surface area (Å²) in [5, 5.41) is 3.53. The van der Waals surface area contributed by atoms with Crippen molar-refractivity contribution >= 4 is 0 Å². The summed E-state index contributed by atoms with van der Waals surface area (Å²) >= 11 is 0. The molecule has 2 aliphatic rings. The summed E-state index contributed by atoms with van der Waals surface area (Å²) in [6, 6.07) is 4.36. The van der Waals surface area contributed by atoms with Gasteiger partial charge in [-0.05, 0) is 69.2 Å². The van der Waals surface area contributed by atoms with Crippen LogP contribution in [0.5, 0.6) is 0 Å². The molecule has 92 valence electrons. The van der Waals surface area contributed by atoms with Gasteiger partial charge in [-0.3, -0.25) is 4.98 Å². The fourth-order valence-electron chi connectivity index (χ4n) is 3.46. The molecule has 1 N–H and O–H groups in total. The molecule has 1 aliphatic heterocycles. The maximum atomic E-state index is 4.65. The third-order valence-electron chi connectivity index (χ3n) is 4.33. The van der Waals surface area contributed by atoms with Crippen LogP contribution in [0.3, 0.4) is 0 Å². The predicted molar refractivity (Wildman–Crippen MR) is 70.1 cm³/mol. The van der Waals surface area contributed by atoms with Crippen LogP contribution in [-0.2, 0) is 6.42 Å². The molecule has 2 heterocycles. The second-order valence-electron chi connectivity index (χ2n) is 5.58. The Morgan fingerprint density at radius 2 is 2.29 bits per heavy atom. The Hall–Kier alpha value is -0.890. The largest absolute Gasteiger partial charge is 0.316 e. The summed E-state index contributed by atoms with van der Waals surface area (Å²) in [7, 11) is 0. The molecule has 1 aromatic heterocycles. The number of pyridine rings is 1. The fraction of sp³-hybridized carbons (Fsp3) is 0.667. The van der Waals surface area contributed by atoms with E-state index in [2.05, 4.69) is 22.4 Å². The molecule has 1 aromatic rings. The highest BCUT2D eigenvalue weighted by Gasteiger charge is 2.25. The van der Waals surface area contributed by atoms with Crippen molar-refractivity contribution < 1.29 is 0 Å². The van der Waals surface area contributed by atoms with E-state index in [1.54, 1.807) is 0 Å². The highest BCUT2D eigenvalue weighted by atomic mass is 14.9. The zero-order chi connectivity index (χ0) is 11.5. The van der Waals surface area contributed by atoms with Gasteiger partial charge in [-0.15, -0.1) is 0 Å². The molecular formula is C15H22N2. The number of nitrogens with one attached hydrogen (secondary N) is 1. The van der Waals surface area contributed by atoms with Crippen LogP contribution in [0.25, 0.3) is 0 Å². The Morgan fingerprint density at radius 3 is 3.18 bits per heavy atom. The summed E-state index contributed by atoms with van der Waals surface area (Å²) < 4.78 is 0. The Kier molecular flexibility index (Phi) is 3.41. The normalized spacial score (nSPS) is 28.7. The molecule has 0 spiro atoms. The fourth-order valence-corrected chi connectivity index (χ4v) is 3.46. The molecule has 0 bridgehead atoms. The van der Waals surface area contributed by atoms with Crippen molar-refractivity contribution in [1.29, 1.82) is 0 Å². The first-order chi connectivity index (χ1) is 8.43. The van der Waals surface area contributed by atoms with Gasteiger partial charge in [0.25, 0.3) is 0 Å². The molecule has 17 heavy (non-hydrogen) atoms. The van der Waals surface area contributed by atoms with Gasteiger partial charge in [0.1, 0.15) is 0 Å². The van der Waals surface area contributed by atoms with Crippen LogP contribution in [0.4, 0.5) is 0 Å². The zero-order valence-corrected chi connectivity index (χ0v) is 10.5. The number of fused-ring (bicyclic) bond motifs is 1. The highest BCUT2D eigenvalue weighted by molar-refractivity contribution is 5.25. The Morgan fingerprint density at radius 1 is 1.29 bits per heavy atom. The maximum Gasteiger partial charge on any atom is 0.0466 e. The van der Waals surface area contributed by atoms with E-state index in [1.807, 2.05) is 6.20 Å². The number of hydrogen-bond acceptors (Lipinski definition) is 2. The van der Waals surface area contributed by atoms with Crippen molar-refractivity contribution in [2.45, 2.75) is 44.4 Å². The van der Waals surface area contributed by atoms with Crippen LogP contribution in [0, 0.1) is 5.92 Å². The third kappa shape index (κ3) is 2.52. The second kappa shape index (κ2) is 5.18. The molecule has 2 atom stereocenters. The van der Waals surface area contributed by atoms with E-state index in [9.17, 15) is 0 Å². The van der Waals surface area contributed by atoms with Crippen LogP contribution in [-0.4, -0.2) is 18.1 Å². The molecule has 0 aromatic carbocycles. The zero-order valence-electron chi connectivity index (χ0n) is 10.5. The van der Waals surface area contributed by atoms with E-state index >= 15 is 0 Å². The lowest BCUT2D eigenvalue weighted by Crippen LogP contribution is -2.31. The first-order valence-electron chi connectivity index (χ1n) is 7.08. The SMILES string of the molecule is c1cnc2c(c1)CCCC2CC1CCCNC1. The third-order valence-corrected chi connectivity index (χ3v) is 4.33. The van der Waals surface area contributed by atoms with E-state index in [0.717, 1.165) is 11.8 Å². The summed E-state index contributed by atoms with van der Waals surface area (Å²) in [4.78, 5) is 4.65. The highest BCUT2D eigenvalue weighted by Crippen LogP contribution is 2.35. The summed E-state index contributed by atoms with van der Waals surface area (Å²) in [6.45, 7) is 2.44. The molecule has 1 aliphatic carbocycles. The minimum absolute atomic E-state index is 0.727. The van der Waals surface area contributed by atoms with Crippen LogP contribution in [0.1, 0.15) is 49.3 Å². The molecule has 2 nitrogen and oxygen atoms in total. The van der Waals surface area contributed by atoms with E-state index in [-0.39, 0.29) is 0 Å². The van der Waals surface area contributed by atoms with Crippen molar-refractivity contribution in [3.05, 3.63) is 29.6 Å². The second-order valence-corrected chi connectivity index (χ2v) is 5.58. The number of rotatable bonds is 2. The molecule has 1 fully saturated rings. The lowest BCUT2D eigenvalue weighted by molar-refractivity contribution is 0.320. The first-order valence-corrected chi connectivity index (χ1v) is 7.08. The molecule has 3 rings (SSSR count). The first kappa shape index (κ1) is 11.2. The molecule has 2 unspecified atom stereocenters. The molecule has 0 radical (unpaired) electrons. The Labute approximate surface area is 104 Å². The van der Waals surface area contributed by atoms with Crippen molar-refractivity contribution in [3.63, 3.8) is 0 Å². The van der Waals surface area contributed by atoms with E-state index in [0.29, 0.717) is 0 Å². The van der Waals surface area contributed by atoms with Crippen molar-refractivity contribution in [1.82, 2.24) is 10.3 Å². The van der Waals surface area contributed by atoms with Crippen LogP contribution in [0.2, 0.25) is 0 Å². The maximum absolute atomic E-state index is 4.65.